The number of rotatable bonds is 3. The molecule has 0 amide bonds. The normalized spacial score (nSPS) is 10.1. The summed E-state index contributed by atoms with van der Waals surface area (Å²) in [6.07, 6.45) is 3.86. The third-order valence-corrected chi connectivity index (χ3v) is 3.43. The number of carbonyl (C=O) groups is 1. The highest BCUT2D eigenvalue weighted by Gasteiger charge is 2.17. The molecule has 0 radical (unpaired) electrons. The van der Waals surface area contributed by atoms with Crippen LogP contribution in [0.4, 0.5) is 10.2 Å². The average molecular weight is 352 g/mol. The van der Waals surface area contributed by atoms with Crippen LogP contribution in [-0.4, -0.2) is 31.1 Å². The fourth-order valence-corrected chi connectivity index (χ4v) is 2.02. The average Bonchev–Trinajstić information content (AvgIpc) is 3.20. The summed E-state index contributed by atoms with van der Waals surface area (Å²) in [7, 11) is 0. The molecule has 1 aromatic carbocycles. The van der Waals surface area contributed by atoms with Gasteiger partial charge in [0.2, 0.25) is 0 Å². The van der Waals surface area contributed by atoms with Crippen LogP contribution in [0.15, 0.2) is 36.7 Å². The maximum atomic E-state index is 13.7. The van der Waals surface area contributed by atoms with Crippen molar-refractivity contribution in [2.24, 2.45) is 0 Å². The highest BCUT2D eigenvalue weighted by molar-refractivity contribution is 6.30. The van der Waals surface area contributed by atoms with Gasteiger partial charge in [0, 0.05) is 11.9 Å². The van der Waals surface area contributed by atoms with Crippen LogP contribution in [-0.2, 0) is 6.42 Å². The predicted molar refractivity (Wildman–Crippen MR) is 87.9 cm³/mol. The monoisotopic (exact) mass is 351 g/mol. The van der Waals surface area contributed by atoms with Gasteiger partial charge in [-0.15, -0.1) is 0 Å². The number of H-pyrrole nitrogens is 1. The van der Waals surface area contributed by atoms with E-state index in [1.54, 1.807) is 6.20 Å². The summed E-state index contributed by atoms with van der Waals surface area (Å²) in [4.78, 5) is 10.8. The second-order valence-corrected chi connectivity index (χ2v) is 5.08. The molecule has 2 heterocycles. The zero-order chi connectivity index (χ0) is 17.7. The largest absolute Gasteiger partial charge is 0.477 e. The molecule has 0 atom stereocenters. The van der Waals surface area contributed by atoms with Gasteiger partial charge in [-0.05, 0) is 24.6 Å². The van der Waals surface area contributed by atoms with Gasteiger partial charge < -0.3 is 10.8 Å². The minimum Gasteiger partial charge on any atom is -0.477 e. The molecule has 126 valence electrons. The number of aromatic amines is 1. The SMILES string of the molecule is CCc1ccn[nH]1.Nc1c(C(=O)O)cnn1-c1cccc(Cl)c1F. The third-order valence-electron chi connectivity index (χ3n) is 3.14. The molecular weight excluding hydrogens is 337 g/mol. The number of aromatic carboxylic acids is 1. The summed E-state index contributed by atoms with van der Waals surface area (Å²) in [6, 6.07) is 6.26. The van der Waals surface area contributed by atoms with E-state index in [9.17, 15) is 9.18 Å². The second kappa shape index (κ2) is 7.60. The number of carboxylic acids is 1. The van der Waals surface area contributed by atoms with Crippen molar-refractivity contribution in [2.45, 2.75) is 13.3 Å². The Hall–Kier alpha value is -2.87. The van der Waals surface area contributed by atoms with Crippen molar-refractivity contribution in [3.63, 3.8) is 0 Å². The zero-order valence-electron chi connectivity index (χ0n) is 12.7. The molecule has 0 spiro atoms. The Labute approximate surface area is 141 Å². The standard InChI is InChI=1S/C10H7ClFN3O2.C5H8N2/c11-6-2-1-3-7(8(6)12)15-9(13)5(4-14-15)10(16)17;1-2-5-3-4-6-7-5/h1-4H,13H2,(H,16,17);3-4H,2H2,1H3,(H,6,7). The lowest BCUT2D eigenvalue weighted by molar-refractivity contribution is 0.0698. The predicted octanol–water partition coefficient (Wildman–Crippen LogP) is 2.92. The second-order valence-electron chi connectivity index (χ2n) is 4.67. The molecule has 9 heteroatoms. The van der Waals surface area contributed by atoms with Crippen molar-refractivity contribution in [2.75, 3.05) is 5.73 Å². The molecule has 0 saturated heterocycles. The number of aromatic nitrogens is 4. The molecule has 3 aromatic rings. The molecule has 0 aliphatic carbocycles. The van der Waals surface area contributed by atoms with Crippen molar-refractivity contribution in [3.8, 4) is 5.69 Å². The molecule has 24 heavy (non-hydrogen) atoms. The molecule has 0 bridgehead atoms. The van der Waals surface area contributed by atoms with Crippen molar-refractivity contribution < 1.29 is 14.3 Å². The Morgan fingerprint density at radius 1 is 1.46 bits per heavy atom. The molecule has 3 rings (SSSR count). The number of nitrogens with zero attached hydrogens (tertiary/aromatic N) is 3. The number of nitrogens with one attached hydrogen (secondary N) is 1. The van der Waals surface area contributed by atoms with Crippen LogP contribution >= 0.6 is 11.6 Å². The van der Waals surface area contributed by atoms with E-state index < -0.39 is 11.8 Å². The van der Waals surface area contributed by atoms with Crippen molar-refractivity contribution in [1.82, 2.24) is 20.0 Å². The van der Waals surface area contributed by atoms with E-state index in [0.29, 0.717) is 0 Å². The smallest absolute Gasteiger partial charge is 0.341 e. The molecule has 4 N–H and O–H groups in total. The van der Waals surface area contributed by atoms with Gasteiger partial charge in [0.15, 0.2) is 5.82 Å². The van der Waals surface area contributed by atoms with Gasteiger partial charge in [0.05, 0.1) is 11.2 Å². The number of nitrogens with two attached hydrogens (primary N) is 1. The molecule has 0 fully saturated rings. The Morgan fingerprint density at radius 2 is 2.21 bits per heavy atom. The topological polar surface area (TPSA) is 110 Å². The minimum absolute atomic E-state index is 0.00231. The van der Waals surface area contributed by atoms with Gasteiger partial charge >= 0.3 is 5.97 Å². The molecule has 0 aliphatic heterocycles. The third kappa shape index (κ3) is 3.72. The number of nitrogen functional groups attached to an aromatic ring is 1. The van der Waals surface area contributed by atoms with Crippen LogP contribution < -0.4 is 5.73 Å². The van der Waals surface area contributed by atoms with Gasteiger partial charge in [-0.1, -0.05) is 24.6 Å². The quantitative estimate of drug-likeness (QED) is 0.672. The lowest BCUT2D eigenvalue weighted by atomic mass is 10.3. The maximum absolute atomic E-state index is 13.7. The van der Waals surface area contributed by atoms with Gasteiger partial charge in [-0.2, -0.15) is 10.2 Å². The number of anilines is 1. The molecular formula is C15H15ClFN5O2. The highest BCUT2D eigenvalue weighted by atomic mass is 35.5. The summed E-state index contributed by atoms with van der Waals surface area (Å²) in [5.41, 5.74) is 6.57. The first-order valence-electron chi connectivity index (χ1n) is 6.95. The van der Waals surface area contributed by atoms with Crippen LogP contribution in [0.5, 0.6) is 0 Å². The van der Waals surface area contributed by atoms with E-state index in [4.69, 9.17) is 22.4 Å². The molecule has 0 unspecified atom stereocenters. The summed E-state index contributed by atoms with van der Waals surface area (Å²) >= 11 is 5.61. The summed E-state index contributed by atoms with van der Waals surface area (Å²) in [5, 5.41) is 19.0. The number of halogens is 2. The van der Waals surface area contributed by atoms with Crippen molar-refractivity contribution >= 4 is 23.4 Å². The van der Waals surface area contributed by atoms with Gasteiger partial charge in [0.25, 0.3) is 0 Å². The summed E-state index contributed by atoms with van der Waals surface area (Å²) in [5.74, 6) is -2.09. The van der Waals surface area contributed by atoms with Crippen LogP contribution in [0.1, 0.15) is 23.0 Å². The molecule has 2 aromatic heterocycles. The zero-order valence-corrected chi connectivity index (χ0v) is 13.5. The number of hydrogen-bond acceptors (Lipinski definition) is 4. The van der Waals surface area contributed by atoms with Crippen LogP contribution in [0.2, 0.25) is 5.02 Å². The Balaban J connectivity index is 0.000000249. The minimum atomic E-state index is -1.23. The summed E-state index contributed by atoms with van der Waals surface area (Å²) in [6.45, 7) is 2.09. The van der Waals surface area contributed by atoms with Crippen LogP contribution in [0, 0.1) is 5.82 Å². The number of hydrogen-bond donors (Lipinski definition) is 3. The molecule has 7 nitrogen and oxygen atoms in total. The van der Waals surface area contributed by atoms with Crippen LogP contribution in [0.3, 0.4) is 0 Å². The fourth-order valence-electron chi connectivity index (χ4n) is 1.85. The highest BCUT2D eigenvalue weighted by Crippen LogP contribution is 2.24. The summed E-state index contributed by atoms with van der Waals surface area (Å²) < 4.78 is 14.7. The molecule has 0 aliphatic rings. The van der Waals surface area contributed by atoms with Crippen LogP contribution in [0.25, 0.3) is 5.69 Å². The molecule has 0 saturated carbocycles. The van der Waals surface area contributed by atoms with Crippen molar-refractivity contribution in [3.05, 3.63) is 58.8 Å². The van der Waals surface area contributed by atoms with E-state index >= 15 is 0 Å². The Morgan fingerprint density at radius 3 is 2.71 bits per heavy atom. The first kappa shape index (κ1) is 17.5. The first-order chi connectivity index (χ1) is 11.5. The Bertz CT molecular complexity index is 833. The van der Waals surface area contributed by atoms with E-state index in [0.717, 1.165) is 17.3 Å². The first-order valence-corrected chi connectivity index (χ1v) is 7.32. The van der Waals surface area contributed by atoms with Crippen molar-refractivity contribution in [1.29, 1.82) is 0 Å². The van der Waals surface area contributed by atoms with Gasteiger partial charge in [-0.25, -0.2) is 13.9 Å². The number of aryl methyl sites for hydroxylation is 1. The van der Waals surface area contributed by atoms with E-state index in [1.165, 1.54) is 23.9 Å². The lowest BCUT2D eigenvalue weighted by Crippen LogP contribution is -2.07. The van der Waals surface area contributed by atoms with Gasteiger partial charge in [-0.3, -0.25) is 5.10 Å². The Kier molecular flexibility index (Phi) is 5.54. The number of benzene rings is 1. The lowest BCUT2D eigenvalue weighted by Gasteiger charge is -2.06. The van der Waals surface area contributed by atoms with E-state index in [1.807, 2.05) is 6.07 Å². The van der Waals surface area contributed by atoms with E-state index in [2.05, 4.69) is 22.2 Å². The number of carboxylic acid groups (broad SMARTS) is 1. The maximum Gasteiger partial charge on any atom is 0.341 e. The fraction of sp³-hybridized carbons (Fsp3) is 0.133. The van der Waals surface area contributed by atoms with Gasteiger partial charge in [0.1, 0.15) is 17.1 Å². The van der Waals surface area contributed by atoms with E-state index in [-0.39, 0.29) is 22.1 Å².